The highest BCUT2D eigenvalue weighted by atomic mass is 19.4. The molecule has 1 spiro atoms. The summed E-state index contributed by atoms with van der Waals surface area (Å²) in [7, 11) is 1.78. The number of aromatic amines is 1. The van der Waals surface area contributed by atoms with E-state index in [4.69, 9.17) is 15.2 Å². The number of amides is 2. The van der Waals surface area contributed by atoms with Crippen LogP contribution in [0.3, 0.4) is 0 Å². The van der Waals surface area contributed by atoms with Crippen LogP contribution in [0, 0.1) is 11.3 Å². The van der Waals surface area contributed by atoms with Crippen LogP contribution >= 0.6 is 0 Å². The summed E-state index contributed by atoms with van der Waals surface area (Å²) in [4.78, 5) is 42.3. The third-order valence-electron chi connectivity index (χ3n) is 4.92. The predicted octanol–water partition coefficient (Wildman–Crippen LogP) is 0.530. The molecule has 1 unspecified atom stereocenters. The van der Waals surface area contributed by atoms with Gasteiger partial charge in [0.25, 0.3) is 5.91 Å². The first-order valence-corrected chi connectivity index (χ1v) is 8.63. The molecule has 0 aromatic carbocycles. The molecule has 29 heavy (non-hydrogen) atoms. The Morgan fingerprint density at radius 2 is 2.00 bits per heavy atom. The lowest BCUT2D eigenvalue weighted by Gasteiger charge is -2.45. The monoisotopic (exact) mass is 415 g/mol. The van der Waals surface area contributed by atoms with Gasteiger partial charge < -0.3 is 19.9 Å². The SMILES string of the molecule is CN1CCN(CC#N)C2(CCN(C(=O)c3ccc[nH]3)C2)C1=O.O=C(O)C(F)(F)F. The number of carboxylic acid groups (broad SMARTS) is 1. The summed E-state index contributed by atoms with van der Waals surface area (Å²) in [5, 5.41) is 16.2. The molecule has 2 aliphatic heterocycles. The quantitative estimate of drug-likeness (QED) is 0.680. The maximum absolute atomic E-state index is 12.7. The van der Waals surface area contributed by atoms with Gasteiger partial charge in [-0.15, -0.1) is 0 Å². The van der Waals surface area contributed by atoms with Crippen LogP contribution in [0.25, 0.3) is 0 Å². The first-order valence-electron chi connectivity index (χ1n) is 8.63. The fraction of sp³-hybridized carbons (Fsp3) is 0.529. The molecule has 2 aliphatic rings. The van der Waals surface area contributed by atoms with E-state index in [0.29, 0.717) is 38.3 Å². The number of carboxylic acids is 1. The van der Waals surface area contributed by atoms with Gasteiger partial charge in [-0.2, -0.15) is 18.4 Å². The number of carbonyl (C=O) groups excluding carboxylic acids is 2. The van der Waals surface area contributed by atoms with Crippen LogP contribution in [-0.4, -0.2) is 94.1 Å². The molecule has 0 aliphatic carbocycles. The second-order valence-corrected chi connectivity index (χ2v) is 6.70. The van der Waals surface area contributed by atoms with Crippen molar-refractivity contribution in [3.8, 4) is 6.07 Å². The smallest absolute Gasteiger partial charge is 0.475 e. The average molecular weight is 415 g/mol. The van der Waals surface area contributed by atoms with Crippen molar-refractivity contribution in [1.82, 2.24) is 19.7 Å². The molecule has 158 valence electrons. The van der Waals surface area contributed by atoms with Crippen LogP contribution in [-0.2, 0) is 9.59 Å². The van der Waals surface area contributed by atoms with Gasteiger partial charge in [-0.25, -0.2) is 4.79 Å². The Labute approximate surface area is 164 Å². The number of likely N-dealkylation sites (tertiary alicyclic amines) is 1. The number of piperazine rings is 1. The van der Waals surface area contributed by atoms with Crippen LogP contribution in [0.2, 0.25) is 0 Å². The fourth-order valence-electron chi connectivity index (χ4n) is 3.43. The number of halogens is 3. The fourth-order valence-corrected chi connectivity index (χ4v) is 3.43. The van der Waals surface area contributed by atoms with Crippen LogP contribution in [0.5, 0.6) is 0 Å². The lowest BCUT2D eigenvalue weighted by Crippen LogP contribution is -2.66. The van der Waals surface area contributed by atoms with Crippen molar-refractivity contribution in [2.75, 3.05) is 39.8 Å². The summed E-state index contributed by atoms with van der Waals surface area (Å²) in [6.45, 7) is 2.37. The van der Waals surface area contributed by atoms with Gasteiger partial charge in [-0.05, 0) is 18.6 Å². The molecular weight excluding hydrogens is 395 g/mol. The number of H-pyrrole nitrogens is 1. The molecule has 2 saturated heterocycles. The van der Waals surface area contributed by atoms with Gasteiger partial charge >= 0.3 is 12.1 Å². The Balaban J connectivity index is 0.000000370. The molecule has 2 amide bonds. The van der Waals surface area contributed by atoms with Crippen molar-refractivity contribution in [3.63, 3.8) is 0 Å². The van der Waals surface area contributed by atoms with E-state index in [1.807, 2.05) is 4.90 Å². The summed E-state index contributed by atoms with van der Waals surface area (Å²) < 4.78 is 31.7. The maximum atomic E-state index is 12.7. The topological polar surface area (TPSA) is 121 Å². The molecule has 3 rings (SSSR count). The number of hydrogen-bond donors (Lipinski definition) is 2. The lowest BCUT2D eigenvalue weighted by molar-refractivity contribution is -0.192. The zero-order chi connectivity index (χ0) is 21.8. The van der Waals surface area contributed by atoms with E-state index < -0.39 is 17.7 Å². The van der Waals surface area contributed by atoms with Gasteiger partial charge in [0.15, 0.2) is 0 Å². The Kier molecular flexibility index (Phi) is 6.53. The molecular formula is C17H20F3N5O4. The van der Waals surface area contributed by atoms with E-state index in [1.54, 1.807) is 35.2 Å². The van der Waals surface area contributed by atoms with Crippen molar-refractivity contribution in [1.29, 1.82) is 5.26 Å². The van der Waals surface area contributed by atoms with Crippen molar-refractivity contribution in [2.45, 2.75) is 18.1 Å². The normalized spacial score (nSPS) is 22.2. The van der Waals surface area contributed by atoms with Gasteiger partial charge in [-0.1, -0.05) is 0 Å². The summed E-state index contributed by atoms with van der Waals surface area (Å²) >= 11 is 0. The number of carbonyl (C=O) groups is 3. The Morgan fingerprint density at radius 1 is 1.34 bits per heavy atom. The van der Waals surface area contributed by atoms with Gasteiger partial charge in [0, 0.05) is 39.4 Å². The van der Waals surface area contributed by atoms with Crippen molar-refractivity contribution in [2.24, 2.45) is 0 Å². The number of nitrogens with zero attached hydrogens (tertiary/aromatic N) is 4. The predicted molar refractivity (Wildman–Crippen MR) is 92.6 cm³/mol. The largest absolute Gasteiger partial charge is 0.490 e. The number of aromatic nitrogens is 1. The van der Waals surface area contributed by atoms with Gasteiger partial charge in [0.1, 0.15) is 11.2 Å². The summed E-state index contributed by atoms with van der Waals surface area (Å²) in [5.74, 6) is -2.84. The Hall–Kier alpha value is -3.07. The summed E-state index contributed by atoms with van der Waals surface area (Å²) in [6, 6.07) is 5.65. The maximum Gasteiger partial charge on any atom is 0.490 e. The van der Waals surface area contributed by atoms with E-state index in [9.17, 15) is 22.8 Å². The van der Waals surface area contributed by atoms with Crippen LogP contribution in [0.1, 0.15) is 16.9 Å². The Bertz CT molecular complexity index is 805. The molecule has 3 heterocycles. The molecule has 0 saturated carbocycles. The van der Waals surface area contributed by atoms with Crippen LogP contribution in [0.15, 0.2) is 18.3 Å². The highest BCUT2D eigenvalue weighted by Crippen LogP contribution is 2.33. The minimum Gasteiger partial charge on any atom is -0.475 e. The summed E-state index contributed by atoms with van der Waals surface area (Å²) in [5.41, 5.74) is -0.217. The first kappa shape index (κ1) is 22.2. The Morgan fingerprint density at radius 3 is 2.52 bits per heavy atom. The van der Waals surface area contributed by atoms with Crippen molar-refractivity contribution >= 4 is 17.8 Å². The second-order valence-electron chi connectivity index (χ2n) is 6.70. The highest BCUT2D eigenvalue weighted by molar-refractivity contribution is 5.95. The number of rotatable bonds is 2. The molecule has 0 bridgehead atoms. The number of nitrogens with one attached hydrogen (secondary N) is 1. The van der Waals surface area contributed by atoms with Crippen molar-refractivity contribution < 1.29 is 32.7 Å². The standard InChI is InChI=1S/C15H19N5O2.C2HF3O2/c1-18-9-10-20(8-5-16)15(14(18)22)4-7-19(11-15)13(21)12-3-2-6-17-12;3-2(4,5)1(6)7/h2-3,6,17H,4,7-11H2,1H3;(H,6,7). The lowest BCUT2D eigenvalue weighted by atomic mass is 9.91. The van der Waals surface area contributed by atoms with Crippen LogP contribution in [0.4, 0.5) is 13.2 Å². The molecule has 1 atom stereocenters. The molecule has 1 aromatic heterocycles. The van der Waals surface area contributed by atoms with E-state index >= 15 is 0 Å². The minimum atomic E-state index is -5.08. The number of hydrogen-bond acceptors (Lipinski definition) is 5. The summed E-state index contributed by atoms with van der Waals surface area (Å²) in [6.07, 6.45) is -2.80. The van der Waals surface area contributed by atoms with E-state index in [-0.39, 0.29) is 18.4 Å². The zero-order valence-corrected chi connectivity index (χ0v) is 15.6. The third kappa shape index (κ3) is 4.68. The first-order chi connectivity index (χ1) is 13.5. The molecule has 2 N–H and O–H groups in total. The van der Waals surface area contributed by atoms with Gasteiger partial charge in [0.2, 0.25) is 5.91 Å². The minimum absolute atomic E-state index is 0.00999. The number of aliphatic carboxylic acids is 1. The van der Waals surface area contributed by atoms with E-state index in [0.717, 1.165) is 0 Å². The van der Waals surface area contributed by atoms with Gasteiger partial charge in [-0.3, -0.25) is 14.5 Å². The number of likely N-dealkylation sites (N-methyl/N-ethyl adjacent to an activating group) is 1. The third-order valence-corrected chi connectivity index (χ3v) is 4.92. The molecule has 9 nitrogen and oxygen atoms in total. The second kappa shape index (κ2) is 8.52. The zero-order valence-electron chi connectivity index (χ0n) is 15.6. The van der Waals surface area contributed by atoms with Crippen molar-refractivity contribution in [3.05, 3.63) is 24.0 Å². The molecule has 2 fully saturated rings. The number of alkyl halides is 3. The average Bonchev–Trinajstić information content (AvgIpc) is 3.33. The number of nitriles is 1. The molecule has 12 heteroatoms. The van der Waals surface area contributed by atoms with E-state index in [2.05, 4.69) is 11.1 Å². The van der Waals surface area contributed by atoms with E-state index in [1.165, 1.54) is 0 Å². The van der Waals surface area contributed by atoms with Gasteiger partial charge in [0.05, 0.1) is 12.6 Å². The van der Waals surface area contributed by atoms with Crippen LogP contribution < -0.4 is 0 Å². The highest BCUT2D eigenvalue weighted by Gasteiger charge is 2.53. The molecule has 0 radical (unpaired) electrons. The molecule has 1 aromatic rings.